The van der Waals surface area contributed by atoms with E-state index >= 15 is 0 Å². The van der Waals surface area contributed by atoms with E-state index in [1.165, 1.54) is 24.0 Å². The summed E-state index contributed by atoms with van der Waals surface area (Å²) in [4.78, 5) is 23.1. The van der Waals surface area contributed by atoms with Gasteiger partial charge in [-0.3, -0.25) is 14.8 Å². The highest BCUT2D eigenvalue weighted by atomic mass is 16.2. The minimum atomic E-state index is 0.0557. The normalized spacial score (nSPS) is 20.2. The zero-order chi connectivity index (χ0) is 16.5. The number of fused-ring (bicyclic) bond motifs is 3. The first-order valence-electron chi connectivity index (χ1n) is 8.62. The van der Waals surface area contributed by atoms with Crippen molar-refractivity contribution in [3.63, 3.8) is 0 Å². The molecule has 3 aliphatic rings. The van der Waals surface area contributed by atoms with Crippen molar-refractivity contribution >= 4 is 23.8 Å². The van der Waals surface area contributed by atoms with Gasteiger partial charge in [-0.15, -0.1) is 0 Å². The van der Waals surface area contributed by atoms with Gasteiger partial charge in [-0.2, -0.15) is 0 Å². The summed E-state index contributed by atoms with van der Waals surface area (Å²) in [6.07, 6.45) is 7.18. The van der Waals surface area contributed by atoms with Crippen LogP contribution in [0.3, 0.4) is 0 Å². The standard InChI is InChI=1S/C19H22N4O/c1-13-3-2-4-16-15(13)7-8-23-17(16)9-18(21-11-19(23)24)22-12-20-10-14-5-6-14/h2-4,9,12,14H,5-8,10-11H2,1H3,(H,20,21,22). The third kappa shape index (κ3) is 2.98. The molecule has 2 aliphatic heterocycles. The van der Waals surface area contributed by atoms with E-state index in [4.69, 9.17) is 0 Å². The number of amides is 1. The third-order valence-electron chi connectivity index (χ3n) is 4.89. The molecule has 1 aromatic carbocycles. The summed E-state index contributed by atoms with van der Waals surface area (Å²) in [5.41, 5.74) is 4.70. The Kier molecular flexibility index (Phi) is 3.92. The summed E-state index contributed by atoms with van der Waals surface area (Å²) in [5.74, 6) is 1.53. The Morgan fingerprint density at radius 2 is 2.29 bits per heavy atom. The third-order valence-corrected chi connectivity index (χ3v) is 4.89. The average Bonchev–Trinajstić information content (AvgIpc) is 3.41. The van der Waals surface area contributed by atoms with Crippen molar-refractivity contribution < 1.29 is 4.79 Å². The lowest BCUT2D eigenvalue weighted by Crippen LogP contribution is -2.36. The second kappa shape index (κ2) is 6.23. The van der Waals surface area contributed by atoms with E-state index in [0.717, 1.165) is 36.7 Å². The molecule has 0 aromatic heterocycles. The molecule has 124 valence electrons. The number of hydrogen-bond acceptors (Lipinski definition) is 3. The first kappa shape index (κ1) is 15.1. The topological polar surface area (TPSA) is 57.1 Å². The van der Waals surface area contributed by atoms with Crippen LogP contribution in [0.5, 0.6) is 0 Å². The van der Waals surface area contributed by atoms with Gasteiger partial charge in [0.25, 0.3) is 0 Å². The van der Waals surface area contributed by atoms with Gasteiger partial charge in [-0.1, -0.05) is 18.2 Å². The molecule has 0 spiro atoms. The Morgan fingerprint density at radius 1 is 1.42 bits per heavy atom. The minimum absolute atomic E-state index is 0.0557. The molecule has 0 saturated heterocycles. The molecule has 1 fully saturated rings. The molecule has 5 heteroatoms. The van der Waals surface area contributed by atoms with Gasteiger partial charge in [-0.25, -0.2) is 0 Å². The Balaban J connectivity index is 1.61. The minimum Gasteiger partial charge on any atom is -0.332 e. The van der Waals surface area contributed by atoms with Crippen LogP contribution >= 0.6 is 0 Å². The highest BCUT2D eigenvalue weighted by Crippen LogP contribution is 2.31. The highest BCUT2D eigenvalue weighted by Gasteiger charge is 2.28. The van der Waals surface area contributed by atoms with E-state index in [2.05, 4.69) is 40.4 Å². The van der Waals surface area contributed by atoms with Crippen LogP contribution in [-0.2, 0) is 11.2 Å². The molecule has 1 aliphatic carbocycles. The SMILES string of the molecule is Cc1cccc2c1CCN1C(=O)CN=C(NC=NCC3CC3)C=C21. The van der Waals surface area contributed by atoms with Crippen LogP contribution in [0.25, 0.3) is 5.70 Å². The Hall–Kier alpha value is -2.43. The van der Waals surface area contributed by atoms with Gasteiger partial charge >= 0.3 is 0 Å². The number of nitrogens with one attached hydrogen (secondary N) is 1. The number of rotatable bonds is 3. The lowest BCUT2D eigenvalue weighted by Gasteiger charge is -2.31. The molecule has 24 heavy (non-hydrogen) atoms. The summed E-state index contributed by atoms with van der Waals surface area (Å²) >= 11 is 0. The Morgan fingerprint density at radius 3 is 3.12 bits per heavy atom. The van der Waals surface area contributed by atoms with E-state index in [-0.39, 0.29) is 12.5 Å². The van der Waals surface area contributed by atoms with Crippen LogP contribution in [0.1, 0.15) is 29.5 Å². The first-order chi connectivity index (χ1) is 11.7. The number of carbonyl (C=O) groups is 1. The van der Waals surface area contributed by atoms with Crippen LogP contribution in [0, 0.1) is 12.8 Å². The fourth-order valence-electron chi connectivity index (χ4n) is 3.29. The maximum Gasteiger partial charge on any atom is 0.248 e. The number of aryl methyl sites for hydroxylation is 1. The lowest BCUT2D eigenvalue weighted by molar-refractivity contribution is -0.126. The van der Waals surface area contributed by atoms with Gasteiger partial charge in [0.15, 0.2) is 0 Å². The van der Waals surface area contributed by atoms with Crippen LogP contribution in [-0.4, -0.2) is 42.6 Å². The number of benzene rings is 1. The zero-order valence-corrected chi connectivity index (χ0v) is 14.0. The lowest BCUT2D eigenvalue weighted by atomic mass is 9.92. The van der Waals surface area contributed by atoms with E-state index in [9.17, 15) is 4.79 Å². The molecule has 0 bridgehead atoms. The van der Waals surface area contributed by atoms with Crippen molar-refractivity contribution in [3.8, 4) is 0 Å². The first-order valence-corrected chi connectivity index (χ1v) is 8.62. The molecular formula is C19H22N4O. The van der Waals surface area contributed by atoms with Gasteiger partial charge in [-0.05, 0) is 43.2 Å². The molecule has 0 atom stereocenters. The van der Waals surface area contributed by atoms with Crippen molar-refractivity contribution in [1.82, 2.24) is 10.2 Å². The van der Waals surface area contributed by atoms with Crippen molar-refractivity contribution in [2.45, 2.75) is 26.2 Å². The number of hydrogen-bond donors (Lipinski definition) is 1. The quantitative estimate of drug-likeness (QED) is 0.685. The smallest absolute Gasteiger partial charge is 0.248 e. The van der Waals surface area contributed by atoms with E-state index in [0.29, 0.717) is 5.84 Å². The van der Waals surface area contributed by atoms with Crippen molar-refractivity contribution in [2.24, 2.45) is 15.9 Å². The van der Waals surface area contributed by atoms with Gasteiger partial charge in [0.05, 0.1) is 12.0 Å². The van der Waals surface area contributed by atoms with Gasteiger partial charge in [0, 0.05) is 24.7 Å². The van der Waals surface area contributed by atoms with Gasteiger partial charge < -0.3 is 10.2 Å². The molecule has 1 aromatic rings. The molecule has 1 N–H and O–H groups in total. The van der Waals surface area contributed by atoms with E-state index in [1.54, 1.807) is 6.34 Å². The molecular weight excluding hydrogens is 300 g/mol. The highest BCUT2D eigenvalue weighted by molar-refractivity contribution is 6.08. The fraction of sp³-hybridized carbons (Fsp3) is 0.421. The van der Waals surface area contributed by atoms with Gasteiger partial charge in [0.2, 0.25) is 5.91 Å². The second-order valence-corrected chi connectivity index (χ2v) is 6.71. The number of aliphatic imine (C=N–C) groups is 2. The number of amidine groups is 1. The van der Waals surface area contributed by atoms with E-state index < -0.39 is 0 Å². The molecule has 0 unspecified atom stereocenters. The maximum atomic E-state index is 12.4. The molecule has 1 saturated carbocycles. The van der Waals surface area contributed by atoms with Gasteiger partial charge in [0.1, 0.15) is 12.4 Å². The molecule has 5 nitrogen and oxygen atoms in total. The summed E-state index contributed by atoms with van der Waals surface area (Å²) in [7, 11) is 0. The predicted octanol–water partition coefficient (Wildman–Crippen LogP) is 2.16. The Bertz CT molecular complexity index is 759. The molecule has 1 amide bonds. The number of carbonyl (C=O) groups excluding carboxylic acids is 1. The molecule has 4 rings (SSSR count). The maximum absolute atomic E-state index is 12.4. The largest absolute Gasteiger partial charge is 0.332 e. The summed E-state index contributed by atoms with van der Waals surface area (Å²) in [6.45, 7) is 3.91. The van der Waals surface area contributed by atoms with Crippen LogP contribution in [0.15, 0.2) is 34.3 Å². The number of nitrogens with zero attached hydrogens (tertiary/aromatic N) is 3. The molecule has 0 radical (unpaired) electrons. The van der Waals surface area contributed by atoms with Crippen LogP contribution < -0.4 is 5.32 Å². The Labute approximate surface area is 142 Å². The molecule has 2 heterocycles. The van der Waals surface area contributed by atoms with Crippen molar-refractivity contribution in [3.05, 3.63) is 41.0 Å². The van der Waals surface area contributed by atoms with E-state index in [1.807, 2.05) is 11.0 Å². The monoisotopic (exact) mass is 322 g/mol. The summed E-state index contributed by atoms with van der Waals surface area (Å²) in [6, 6.07) is 6.28. The van der Waals surface area contributed by atoms with Crippen molar-refractivity contribution in [2.75, 3.05) is 19.6 Å². The summed E-state index contributed by atoms with van der Waals surface area (Å²) < 4.78 is 0. The summed E-state index contributed by atoms with van der Waals surface area (Å²) in [5, 5.41) is 3.15. The zero-order valence-electron chi connectivity index (χ0n) is 14.0. The predicted molar refractivity (Wildman–Crippen MR) is 96.1 cm³/mol. The average molecular weight is 322 g/mol. The fourth-order valence-corrected chi connectivity index (χ4v) is 3.29. The van der Waals surface area contributed by atoms with Crippen LogP contribution in [0.2, 0.25) is 0 Å². The van der Waals surface area contributed by atoms with Crippen molar-refractivity contribution in [1.29, 1.82) is 0 Å². The second-order valence-electron chi connectivity index (χ2n) is 6.71. The van der Waals surface area contributed by atoms with Crippen LogP contribution in [0.4, 0.5) is 0 Å².